The molecule has 1 aromatic heterocycles. The Kier molecular flexibility index (Phi) is 6.48. The van der Waals surface area contributed by atoms with Crippen LogP contribution in [0.3, 0.4) is 0 Å². The van der Waals surface area contributed by atoms with Crippen molar-refractivity contribution in [1.29, 1.82) is 0 Å². The highest BCUT2D eigenvalue weighted by molar-refractivity contribution is 5.54. The van der Waals surface area contributed by atoms with Gasteiger partial charge in [0.25, 0.3) is 5.92 Å². The van der Waals surface area contributed by atoms with Gasteiger partial charge in [0, 0.05) is 35.7 Å². The van der Waals surface area contributed by atoms with Gasteiger partial charge in [-0.05, 0) is 26.8 Å². The molecule has 0 aliphatic carbocycles. The summed E-state index contributed by atoms with van der Waals surface area (Å²) in [6.07, 6.45) is 3.70. The van der Waals surface area contributed by atoms with Crippen LogP contribution in [0.15, 0.2) is 30.5 Å². The Labute approximate surface area is 162 Å². The van der Waals surface area contributed by atoms with Gasteiger partial charge in [-0.15, -0.1) is 5.10 Å². The number of aryl methyl sites for hydroxylation is 1. The van der Waals surface area contributed by atoms with Crippen molar-refractivity contribution in [2.24, 2.45) is 0 Å². The van der Waals surface area contributed by atoms with Gasteiger partial charge in [-0.3, -0.25) is 0 Å². The van der Waals surface area contributed by atoms with Gasteiger partial charge in [-0.25, -0.2) is 13.2 Å². The number of halogens is 3. The first-order chi connectivity index (χ1) is 13.1. The summed E-state index contributed by atoms with van der Waals surface area (Å²) >= 11 is 0. The Morgan fingerprint density at radius 2 is 1.93 bits per heavy atom. The van der Waals surface area contributed by atoms with E-state index in [1.807, 2.05) is 19.9 Å². The molecule has 2 rings (SSSR count). The maximum absolute atomic E-state index is 14.7. The van der Waals surface area contributed by atoms with E-state index in [-0.39, 0.29) is 5.56 Å². The van der Waals surface area contributed by atoms with Crippen molar-refractivity contribution in [3.8, 4) is 0 Å². The van der Waals surface area contributed by atoms with E-state index >= 15 is 0 Å². The lowest BCUT2D eigenvalue weighted by Gasteiger charge is -2.19. The van der Waals surface area contributed by atoms with Crippen LogP contribution < -0.4 is 21.1 Å². The Hall–Kier alpha value is -2.83. The topological polar surface area (TPSA) is 49.8 Å². The predicted molar refractivity (Wildman–Crippen MR) is 107 cm³/mol. The molecular formula is C21H25F3N4. The molecule has 2 aromatic rings. The third-order valence-corrected chi connectivity index (χ3v) is 4.48. The lowest BCUT2D eigenvalue weighted by atomic mass is 10.0. The summed E-state index contributed by atoms with van der Waals surface area (Å²) in [4.78, 5) is 0. The number of anilines is 1. The van der Waals surface area contributed by atoms with Gasteiger partial charge in [-0.1, -0.05) is 30.9 Å². The van der Waals surface area contributed by atoms with Crippen LogP contribution in [0.2, 0.25) is 0 Å². The number of nitrogens with one attached hydrogen (secondary N) is 2. The molecule has 1 atom stereocenters. The van der Waals surface area contributed by atoms with E-state index < -0.39 is 23.3 Å². The Balaban J connectivity index is 2.56. The van der Waals surface area contributed by atoms with Crippen molar-refractivity contribution in [3.63, 3.8) is 0 Å². The predicted octanol–water partition coefficient (Wildman–Crippen LogP) is 3.52. The fourth-order valence-corrected chi connectivity index (χ4v) is 2.92. The third-order valence-electron chi connectivity index (χ3n) is 4.48. The number of allylic oxidation sites excluding steroid dienone is 1. The first-order valence-corrected chi connectivity index (χ1v) is 8.91. The summed E-state index contributed by atoms with van der Waals surface area (Å²) in [7, 11) is 1.75. The van der Waals surface area contributed by atoms with E-state index in [1.165, 1.54) is 12.1 Å². The van der Waals surface area contributed by atoms with Crippen LogP contribution in [0.1, 0.15) is 43.6 Å². The maximum Gasteiger partial charge on any atom is 0.273 e. The molecule has 0 saturated carbocycles. The molecule has 0 amide bonds. The quantitative estimate of drug-likeness (QED) is 0.792. The highest BCUT2D eigenvalue weighted by Crippen LogP contribution is 2.32. The van der Waals surface area contributed by atoms with Crippen LogP contribution in [0, 0.1) is 12.7 Å². The van der Waals surface area contributed by atoms with E-state index in [0.717, 1.165) is 22.2 Å². The summed E-state index contributed by atoms with van der Waals surface area (Å²) in [5.74, 6) is -3.78. The molecule has 0 saturated heterocycles. The largest absolute Gasteiger partial charge is 0.389 e. The Morgan fingerprint density at radius 1 is 1.25 bits per heavy atom. The van der Waals surface area contributed by atoms with Crippen molar-refractivity contribution in [2.75, 3.05) is 12.4 Å². The Bertz CT molecular complexity index is 994. The molecule has 0 bridgehead atoms. The molecule has 1 heterocycles. The summed E-state index contributed by atoms with van der Waals surface area (Å²) in [6, 6.07) is 3.38. The zero-order valence-corrected chi connectivity index (χ0v) is 16.7. The van der Waals surface area contributed by atoms with Crippen molar-refractivity contribution < 1.29 is 13.2 Å². The lowest BCUT2D eigenvalue weighted by molar-refractivity contribution is 0.0136. The molecule has 0 spiro atoms. The lowest BCUT2D eigenvalue weighted by Crippen LogP contribution is -2.34. The SMILES string of the molecule is C=C(/C=c1/c(N[C@H](C)c2cccc(C(C)(F)F)c2F)nnc(C)/c1=C/C)NC. The fraction of sp³-hybridized carbons (Fsp3) is 0.333. The van der Waals surface area contributed by atoms with Gasteiger partial charge in [0.15, 0.2) is 5.82 Å². The zero-order chi connectivity index (χ0) is 21.1. The monoisotopic (exact) mass is 390 g/mol. The average Bonchev–Trinajstić information content (AvgIpc) is 2.63. The van der Waals surface area contributed by atoms with E-state index in [9.17, 15) is 13.2 Å². The second kappa shape index (κ2) is 8.46. The Morgan fingerprint density at radius 3 is 2.50 bits per heavy atom. The van der Waals surface area contributed by atoms with Crippen LogP contribution in [-0.2, 0) is 5.92 Å². The molecule has 0 radical (unpaired) electrons. The minimum atomic E-state index is -3.27. The van der Waals surface area contributed by atoms with Gasteiger partial charge in [0.05, 0.1) is 17.3 Å². The summed E-state index contributed by atoms with van der Waals surface area (Å²) in [5.41, 5.74) is 0.882. The standard InChI is InChI=1S/C21H25F3N4/c1-7-15-14(4)27-28-20(17(15)11-12(2)25-6)26-13(3)16-9-8-10-18(19(16)22)21(5,23)24/h7-11,13,25H,2H2,1,3-6H3,(H,26,28)/b15-7-,17-11+/t13-/m1/s1. The number of nitrogens with zero attached hydrogens (tertiary/aromatic N) is 2. The average molecular weight is 390 g/mol. The number of alkyl halides is 2. The summed E-state index contributed by atoms with van der Waals surface area (Å²) in [5, 5.41) is 16.0. The molecule has 2 N–H and O–H groups in total. The first-order valence-electron chi connectivity index (χ1n) is 8.91. The van der Waals surface area contributed by atoms with Crippen molar-refractivity contribution >= 4 is 18.0 Å². The van der Waals surface area contributed by atoms with Crippen molar-refractivity contribution in [2.45, 2.75) is 39.7 Å². The van der Waals surface area contributed by atoms with Gasteiger partial charge >= 0.3 is 0 Å². The normalized spacial score (nSPS) is 14.1. The van der Waals surface area contributed by atoms with E-state index in [0.29, 0.717) is 18.4 Å². The number of hydrogen-bond donors (Lipinski definition) is 2. The second-order valence-corrected chi connectivity index (χ2v) is 6.63. The minimum Gasteiger partial charge on any atom is -0.389 e. The number of rotatable bonds is 6. The highest BCUT2D eigenvalue weighted by Gasteiger charge is 2.30. The molecular weight excluding hydrogens is 365 g/mol. The molecule has 150 valence electrons. The molecule has 0 unspecified atom stereocenters. The molecule has 7 heteroatoms. The summed E-state index contributed by atoms with van der Waals surface area (Å²) in [6.45, 7) is 9.98. The van der Waals surface area contributed by atoms with Gasteiger partial charge in [0.1, 0.15) is 5.82 Å². The molecule has 0 aliphatic heterocycles. The molecule has 4 nitrogen and oxygen atoms in total. The molecule has 1 aromatic carbocycles. The van der Waals surface area contributed by atoms with Crippen molar-refractivity contribution in [3.05, 3.63) is 63.6 Å². The number of aromatic nitrogens is 2. The van der Waals surface area contributed by atoms with Crippen molar-refractivity contribution in [1.82, 2.24) is 15.5 Å². The molecule has 0 aliphatic rings. The van der Waals surface area contributed by atoms with Crippen LogP contribution in [0.4, 0.5) is 19.0 Å². The van der Waals surface area contributed by atoms with Gasteiger partial charge in [0.2, 0.25) is 0 Å². The van der Waals surface area contributed by atoms with Gasteiger partial charge in [-0.2, -0.15) is 5.10 Å². The van der Waals surface area contributed by atoms with E-state index in [1.54, 1.807) is 20.0 Å². The smallest absolute Gasteiger partial charge is 0.273 e. The van der Waals surface area contributed by atoms with Crippen LogP contribution in [0.25, 0.3) is 12.2 Å². The van der Waals surface area contributed by atoms with E-state index in [2.05, 4.69) is 27.4 Å². The zero-order valence-electron chi connectivity index (χ0n) is 16.7. The third kappa shape index (κ3) is 4.52. The first kappa shape index (κ1) is 21.5. The number of hydrogen-bond acceptors (Lipinski definition) is 4. The maximum atomic E-state index is 14.7. The van der Waals surface area contributed by atoms with Crippen LogP contribution in [0.5, 0.6) is 0 Å². The van der Waals surface area contributed by atoms with E-state index in [4.69, 9.17) is 0 Å². The number of benzene rings is 1. The minimum absolute atomic E-state index is 0.127. The highest BCUT2D eigenvalue weighted by atomic mass is 19.3. The van der Waals surface area contributed by atoms with Crippen LogP contribution in [-0.4, -0.2) is 17.2 Å². The molecule has 0 fully saturated rings. The summed E-state index contributed by atoms with van der Waals surface area (Å²) < 4.78 is 42.0. The van der Waals surface area contributed by atoms with Crippen LogP contribution >= 0.6 is 0 Å². The fourth-order valence-electron chi connectivity index (χ4n) is 2.92. The van der Waals surface area contributed by atoms with Gasteiger partial charge < -0.3 is 10.6 Å². The second-order valence-electron chi connectivity index (χ2n) is 6.63. The molecule has 28 heavy (non-hydrogen) atoms.